The van der Waals surface area contributed by atoms with Crippen LogP contribution in [0.1, 0.15) is 0 Å². The van der Waals surface area contributed by atoms with Gasteiger partial charge in [0, 0.05) is 5.46 Å². The highest BCUT2D eigenvalue weighted by molar-refractivity contribution is 6.76. The van der Waals surface area contributed by atoms with Crippen LogP contribution in [0.25, 0.3) is 0 Å². The first-order chi connectivity index (χ1) is 8.04. The zero-order valence-electron chi connectivity index (χ0n) is 8.28. The predicted octanol–water partition coefficient (Wildman–Crippen LogP) is 1.79. The van der Waals surface area contributed by atoms with Crippen molar-refractivity contribution in [2.75, 3.05) is 0 Å². The van der Waals surface area contributed by atoms with Crippen LogP contribution in [-0.4, -0.2) is 6.85 Å². The van der Waals surface area contributed by atoms with E-state index in [4.69, 9.17) is 0 Å². The molecule has 1 nitrogen and oxygen atoms in total. The Morgan fingerprint density at radius 3 is 1.76 bits per heavy atom. The molecule has 1 N–H and O–H groups in total. The molecule has 1 aliphatic heterocycles. The Hall–Kier alpha value is -1.79. The van der Waals surface area contributed by atoms with Crippen molar-refractivity contribution in [3.8, 4) is 0 Å². The van der Waals surface area contributed by atoms with Crippen LogP contribution in [0.3, 0.4) is 0 Å². The van der Waals surface area contributed by atoms with Gasteiger partial charge in [0.2, 0.25) is 0 Å². The highest BCUT2D eigenvalue weighted by Crippen LogP contribution is 2.16. The summed E-state index contributed by atoms with van der Waals surface area (Å²) in [6, 6.07) is 0. The summed E-state index contributed by atoms with van der Waals surface area (Å²) in [7, 11) is 0. The van der Waals surface area contributed by atoms with Gasteiger partial charge < -0.3 is 5.23 Å². The minimum absolute atomic E-state index is 0.887. The Bertz CT molecular complexity index is 497. The van der Waals surface area contributed by atoms with Crippen molar-refractivity contribution < 1.29 is 22.0 Å². The molecule has 0 amide bonds. The maximum Gasteiger partial charge on any atom is 0.319 e. The second-order valence-corrected chi connectivity index (χ2v) is 3.37. The summed E-state index contributed by atoms with van der Waals surface area (Å²) in [4.78, 5) is 0. The zero-order chi connectivity index (χ0) is 12.6. The van der Waals surface area contributed by atoms with Gasteiger partial charge in [0.05, 0.1) is 0 Å². The van der Waals surface area contributed by atoms with Crippen LogP contribution >= 0.6 is 0 Å². The molecule has 0 aromatic heterocycles. The molecule has 2 rings (SSSR count). The van der Waals surface area contributed by atoms with E-state index in [1.165, 1.54) is 24.3 Å². The van der Waals surface area contributed by atoms with E-state index in [9.17, 15) is 22.0 Å². The summed E-state index contributed by atoms with van der Waals surface area (Å²) in [5.41, 5.74) is -0.887. The van der Waals surface area contributed by atoms with Crippen molar-refractivity contribution in [1.82, 2.24) is 5.23 Å². The van der Waals surface area contributed by atoms with Gasteiger partial charge in [-0.25, -0.2) is 22.0 Å². The maximum atomic E-state index is 13.4. The minimum atomic E-state index is -2.15. The molecule has 7 heteroatoms. The van der Waals surface area contributed by atoms with E-state index < -0.39 is 41.4 Å². The van der Waals surface area contributed by atoms with E-state index in [-0.39, 0.29) is 0 Å². The van der Waals surface area contributed by atoms with E-state index in [0.29, 0.717) is 0 Å². The summed E-state index contributed by atoms with van der Waals surface area (Å²) in [5.74, 6) is -8.39. The minimum Gasteiger partial charge on any atom is -0.426 e. The normalized spacial score (nSPS) is 14.1. The average Bonchev–Trinajstić information content (AvgIpc) is 2.36. The van der Waals surface area contributed by atoms with Crippen LogP contribution in [0.5, 0.6) is 0 Å². The molecule has 0 spiro atoms. The molecular formula is C10H5BF5N. The number of allylic oxidation sites excluding steroid dienone is 2. The van der Waals surface area contributed by atoms with Crippen molar-refractivity contribution >= 4 is 12.3 Å². The number of halogens is 5. The largest absolute Gasteiger partial charge is 0.426 e. The third-order valence-corrected chi connectivity index (χ3v) is 2.34. The first-order valence-corrected chi connectivity index (χ1v) is 4.64. The van der Waals surface area contributed by atoms with Crippen LogP contribution < -0.4 is 10.7 Å². The van der Waals surface area contributed by atoms with Gasteiger partial charge in [0.25, 0.3) is 0 Å². The predicted molar refractivity (Wildman–Crippen MR) is 53.0 cm³/mol. The van der Waals surface area contributed by atoms with Gasteiger partial charge in [-0.05, 0) is 12.3 Å². The fourth-order valence-corrected chi connectivity index (χ4v) is 1.52. The number of benzene rings is 1. The molecule has 1 aromatic carbocycles. The lowest BCUT2D eigenvalue weighted by atomic mass is 9.55. The monoisotopic (exact) mass is 245 g/mol. The first kappa shape index (κ1) is 11.7. The van der Waals surface area contributed by atoms with Gasteiger partial charge >= 0.3 is 6.85 Å². The first-order valence-electron chi connectivity index (χ1n) is 4.64. The molecule has 88 valence electrons. The Balaban J connectivity index is 2.61. The van der Waals surface area contributed by atoms with Crippen LogP contribution in [0.15, 0.2) is 24.3 Å². The lowest BCUT2D eigenvalue weighted by Crippen LogP contribution is -2.46. The molecule has 0 unspecified atom stereocenters. The van der Waals surface area contributed by atoms with Crippen molar-refractivity contribution in [2.45, 2.75) is 0 Å². The van der Waals surface area contributed by atoms with Gasteiger partial charge in [-0.3, -0.25) is 0 Å². The van der Waals surface area contributed by atoms with E-state index in [1.807, 2.05) is 0 Å². The topological polar surface area (TPSA) is 12.0 Å². The SMILES string of the molecule is Fc1c(F)c(F)c(B2C=CC=CN2)c(F)c1F. The molecule has 1 aromatic rings. The van der Waals surface area contributed by atoms with E-state index in [1.54, 1.807) is 0 Å². The number of hydrogen-bond donors (Lipinski definition) is 1. The average molecular weight is 245 g/mol. The third kappa shape index (κ3) is 1.81. The fraction of sp³-hybridized carbons (Fsp3) is 0. The van der Waals surface area contributed by atoms with Crippen LogP contribution in [-0.2, 0) is 0 Å². The summed E-state index contributed by atoms with van der Waals surface area (Å²) < 4.78 is 65.4. The lowest BCUT2D eigenvalue weighted by molar-refractivity contribution is 0.384. The fourth-order valence-electron chi connectivity index (χ4n) is 1.52. The van der Waals surface area contributed by atoms with Gasteiger partial charge in [0.1, 0.15) is 0 Å². The Kier molecular flexibility index (Phi) is 2.91. The van der Waals surface area contributed by atoms with Crippen molar-refractivity contribution in [2.24, 2.45) is 0 Å². The summed E-state index contributed by atoms with van der Waals surface area (Å²) >= 11 is 0. The molecule has 0 aliphatic carbocycles. The second kappa shape index (κ2) is 4.23. The molecule has 17 heavy (non-hydrogen) atoms. The van der Waals surface area contributed by atoms with Gasteiger partial charge in [-0.1, -0.05) is 12.1 Å². The second-order valence-electron chi connectivity index (χ2n) is 3.37. The molecule has 1 aliphatic rings. The van der Waals surface area contributed by atoms with E-state index in [2.05, 4.69) is 5.23 Å². The van der Waals surface area contributed by atoms with Gasteiger partial charge in [-0.15, -0.1) is 0 Å². The van der Waals surface area contributed by atoms with Crippen molar-refractivity contribution in [3.63, 3.8) is 0 Å². The number of rotatable bonds is 1. The summed E-state index contributed by atoms with van der Waals surface area (Å²) in [5, 5.41) is 2.49. The van der Waals surface area contributed by atoms with E-state index in [0.717, 1.165) is 0 Å². The van der Waals surface area contributed by atoms with Crippen LogP contribution in [0.2, 0.25) is 0 Å². The van der Waals surface area contributed by atoms with Crippen LogP contribution in [0.4, 0.5) is 22.0 Å². The summed E-state index contributed by atoms with van der Waals surface area (Å²) in [6.45, 7) is -1.08. The van der Waals surface area contributed by atoms with Crippen molar-refractivity contribution in [3.05, 3.63) is 53.4 Å². The smallest absolute Gasteiger partial charge is 0.319 e. The molecule has 0 atom stereocenters. The number of nitrogens with one attached hydrogen (secondary N) is 1. The number of hydrogen-bond acceptors (Lipinski definition) is 1. The molecule has 1 heterocycles. The van der Waals surface area contributed by atoms with Gasteiger partial charge in [-0.2, -0.15) is 0 Å². The highest BCUT2D eigenvalue weighted by Gasteiger charge is 2.31. The molecule has 0 bridgehead atoms. The lowest BCUT2D eigenvalue weighted by Gasteiger charge is -2.15. The maximum absolute atomic E-state index is 13.4. The van der Waals surface area contributed by atoms with Gasteiger partial charge in [0.15, 0.2) is 29.1 Å². The molecule has 0 saturated carbocycles. The van der Waals surface area contributed by atoms with Crippen molar-refractivity contribution in [1.29, 1.82) is 0 Å². The molecule has 0 fully saturated rings. The van der Waals surface area contributed by atoms with E-state index >= 15 is 0 Å². The quantitative estimate of drug-likeness (QED) is 0.344. The summed E-state index contributed by atoms with van der Waals surface area (Å²) in [6.07, 6.45) is 4.32. The highest BCUT2D eigenvalue weighted by atomic mass is 19.2. The molecule has 0 saturated heterocycles. The standard InChI is InChI=1S/C10H5BF5N/c12-6-5(11-3-1-2-4-17-11)7(13)9(15)10(16)8(6)14/h1-4,17H. The van der Waals surface area contributed by atoms with Crippen LogP contribution in [0, 0.1) is 29.1 Å². The Morgan fingerprint density at radius 1 is 0.765 bits per heavy atom. The molecular weight excluding hydrogens is 240 g/mol. The third-order valence-electron chi connectivity index (χ3n) is 2.34. The Labute approximate surface area is 93.7 Å². The molecule has 0 radical (unpaired) electrons. The zero-order valence-corrected chi connectivity index (χ0v) is 8.28. The Morgan fingerprint density at radius 2 is 1.29 bits per heavy atom.